The first kappa shape index (κ1) is 22.7. The lowest BCUT2D eigenvalue weighted by atomic mass is 9.79. The molecule has 2 atom stereocenters. The van der Waals surface area contributed by atoms with E-state index in [4.69, 9.17) is 9.47 Å². The molecular weight excluding hydrogens is 400 g/mol. The first-order valence-corrected chi connectivity index (χ1v) is 11.9. The smallest absolute Gasteiger partial charge is 0.222 e. The number of hydrogen-bond acceptors (Lipinski definition) is 4. The molecule has 2 aliphatic heterocycles. The number of rotatable bonds is 8. The largest absolute Gasteiger partial charge is 0.497 e. The second-order valence-electron chi connectivity index (χ2n) is 9.32. The Kier molecular flexibility index (Phi) is 7.36. The topological polar surface area (TPSA) is 42.0 Å². The van der Waals surface area contributed by atoms with Crippen molar-refractivity contribution < 1.29 is 14.3 Å². The summed E-state index contributed by atoms with van der Waals surface area (Å²) >= 11 is 0. The average molecular weight is 437 g/mol. The van der Waals surface area contributed by atoms with E-state index in [1.807, 2.05) is 54.6 Å². The molecule has 0 aliphatic carbocycles. The zero-order valence-corrected chi connectivity index (χ0v) is 19.6. The van der Waals surface area contributed by atoms with Gasteiger partial charge in [0.2, 0.25) is 5.91 Å². The summed E-state index contributed by atoms with van der Waals surface area (Å²) in [6.07, 6.45) is 3.69. The van der Waals surface area contributed by atoms with Gasteiger partial charge < -0.3 is 14.4 Å². The Labute approximate surface area is 192 Å². The Morgan fingerprint density at radius 2 is 1.69 bits per heavy atom. The third-order valence-electron chi connectivity index (χ3n) is 7.01. The van der Waals surface area contributed by atoms with Gasteiger partial charge in [-0.3, -0.25) is 9.69 Å². The second kappa shape index (κ2) is 10.4. The Hall–Kier alpha value is -2.53. The highest BCUT2D eigenvalue weighted by Gasteiger charge is 2.47. The number of likely N-dealkylation sites (tertiary alicyclic amines) is 2. The Balaban J connectivity index is 1.28. The van der Waals surface area contributed by atoms with E-state index in [0.717, 1.165) is 50.4 Å². The molecule has 1 amide bonds. The van der Waals surface area contributed by atoms with Gasteiger partial charge in [-0.2, -0.15) is 0 Å². The van der Waals surface area contributed by atoms with E-state index in [-0.39, 0.29) is 12.0 Å². The van der Waals surface area contributed by atoms with Crippen LogP contribution in [0.3, 0.4) is 0 Å². The van der Waals surface area contributed by atoms with Gasteiger partial charge in [-0.1, -0.05) is 30.3 Å². The molecule has 2 aromatic rings. The summed E-state index contributed by atoms with van der Waals surface area (Å²) in [5, 5.41) is 0. The van der Waals surface area contributed by atoms with E-state index in [2.05, 4.69) is 23.6 Å². The number of carbonyl (C=O) groups is 1. The van der Waals surface area contributed by atoms with Crippen molar-refractivity contribution >= 4 is 5.91 Å². The van der Waals surface area contributed by atoms with Crippen LogP contribution in [0.1, 0.15) is 38.7 Å². The first-order chi connectivity index (χ1) is 15.5. The number of aryl methyl sites for hydroxylation is 1. The van der Waals surface area contributed by atoms with Crippen molar-refractivity contribution in [3.63, 3.8) is 0 Å². The van der Waals surface area contributed by atoms with Gasteiger partial charge in [-0.15, -0.1) is 0 Å². The van der Waals surface area contributed by atoms with Crippen molar-refractivity contribution in [2.24, 2.45) is 5.92 Å². The van der Waals surface area contributed by atoms with E-state index < -0.39 is 0 Å². The molecule has 0 bridgehead atoms. The van der Waals surface area contributed by atoms with Crippen LogP contribution in [0.4, 0.5) is 0 Å². The maximum atomic E-state index is 12.8. The van der Waals surface area contributed by atoms with E-state index >= 15 is 0 Å². The van der Waals surface area contributed by atoms with Gasteiger partial charge in [0.1, 0.15) is 17.6 Å². The maximum Gasteiger partial charge on any atom is 0.222 e. The molecule has 2 aliphatic rings. The maximum absolute atomic E-state index is 12.8. The number of methoxy groups -OCH3 is 1. The molecule has 32 heavy (non-hydrogen) atoms. The molecule has 0 saturated carbocycles. The Bertz CT molecular complexity index is 860. The van der Waals surface area contributed by atoms with Crippen molar-refractivity contribution in [2.45, 2.75) is 57.7 Å². The molecular formula is C27H36N2O3. The molecule has 0 radical (unpaired) electrons. The van der Waals surface area contributed by atoms with Gasteiger partial charge in [0.05, 0.1) is 13.2 Å². The lowest BCUT2D eigenvalue weighted by Gasteiger charge is -2.54. The zero-order chi connectivity index (χ0) is 22.5. The van der Waals surface area contributed by atoms with Crippen LogP contribution in [0, 0.1) is 5.92 Å². The number of benzene rings is 2. The fraction of sp³-hybridized carbons (Fsp3) is 0.519. The van der Waals surface area contributed by atoms with Crippen molar-refractivity contribution in [3.8, 4) is 11.5 Å². The number of piperidine rings is 1. The third-order valence-corrected chi connectivity index (χ3v) is 7.01. The third kappa shape index (κ3) is 5.26. The van der Waals surface area contributed by atoms with Crippen LogP contribution in [0.5, 0.6) is 11.5 Å². The number of ether oxygens (including phenoxy) is 2. The summed E-state index contributed by atoms with van der Waals surface area (Å²) in [7, 11) is 1.67. The van der Waals surface area contributed by atoms with E-state index in [0.29, 0.717) is 24.4 Å². The van der Waals surface area contributed by atoms with Crippen molar-refractivity contribution in [1.82, 2.24) is 9.80 Å². The summed E-state index contributed by atoms with van der Waals surface area (Å²) in [5.74, 6) is 2.65. The molecule has 0 aromatic heterocycles. The first-order valence-electron chi connectivity index (χ1n) is 11.9. The minimum atomic E-state index is 0.238. The molecule has 172 valence electrons. The molecule has 2 heterocycles. The predicted molar refractivity (Wildman–Crippen MR) is 127 cm³/mol. The van der Waals surface area contributed by atoms with Crippen LogP contribution in [0.2, 0.25) is 0 Å². The summed E-state index contributed by atoms with van der Waals surface area (Å²) in [4.78, 5) is 17.4. The van der Waals surface area contributed by atoms with Crippen LogP contribution in [0.25, 0.3) is 0 Å². The normalized spacial score (nSPS) is 21.9. The van der Waals surface area contributed by atoms with Gasteiger partial charge in [0.15, 0.2) is 0 Å². The zero-order valence-electron chi connectivity index (χ0n) is 19.6. The number of carbonyl (C=O) groups excluding carboxylic acids is 1. The van der Waals surface area contributed by atoms with Crippen molar-refractivity contribution in [1.29, 1.82) is 0 Å². The van der Waals surface area contributed by atoms with Gasteiger partial charge in [-0.05, 0) is 68.9 Å². The van der Waals surface area contributed by atoms with Crippen LogP contribution >= 0.6 is 0 Å². The monoisotopic (exact) mass is 436 g/mol. The van der Waals surface area contributed by atoms with Gasteiger partial charge in [0, 0.05) is 32.1 Å². The quantitative estimate of drug-likeness (QED) is 0.615. The van der Waals surface area contributed by atoms with E-state index in [9.17, 15) is 4.79 Å². The fourth-order valence-corrected chi connectivity index (χ4v) is 5.12. The van der Waals surface area contributed by atoms with E-state index in [1.54, 1.807) is 7.11 Å². The highest BCUT2D eigenvalue weighted by molar-refractivity contribution is 5.76. The average Bonchev–Trinajstić information content (AvgIpc) is 2.81. The number of nitrogens with zero attached hydrogens (tertiary/aromatic N) is 2. The van der Waals surface area contributed by atoms with Gasteiger partial charge in [-0.25, -0.2) is 0 Å². The summed E-state index contributed by atoms with van der Waals surface area (Å²) < 4.78 is 11.6. The molecule has 5 heteroatoms. The highest BCUT2D eigenvalue weighted by Crippen LogP contribution is 2.36. The SMILES string of the molecule is COc1ccc(CCC(=O)N2CCC([C@H]3[C@@H](Oc4ccccc4)CN3C(C)C)CC2)cc1. The van der Waals surface area contributed by atoms with Crippen LogP contribution < -0.4 is 9.47 Å². The summed E-state index contributed by atoms with van der Waals surface area (Å²) in [6, 6.07) is 19.1. The molecule has 2 fully saturated rings. The lowest BCUT2D eigenvalue weighted by Crippen LogP contribution is -2.68. The van der Waals surface area contributed by atoms with Gasteiger partial charge >= 0.3 is 0 Å². The lowest BCUT2D eigenvalue weighted by molar-refractivity contribution is -0.135. The molecule has 0 unspecified atom stereocenters. The Morgan fingerprint density at radius 1 is 1.00 bits per heavy atom. The molecule has 0 N–H and O–H groups in total. The fourth-order valence-electron chi connectivity index (χ4n) is 5.12. The van der Waals surface area contributed by atoms with Crippen LogP contribution in [0.15, 0.2) is 54.6 Å². The molecule has 4 rings (SSSR count). The molecule has 5 nitrogen and oxygen atoms in total. The molecule has 2 saturated heterocycles. The van der Waals surface area contributed by atoms with E-state index in [1.165, 1.54) is 5.56 Å². The standard InChI is InChI=1S/C27H36N2O3/c1-20(2)29-19-25(32-24-7-5-4-6-8-24)27(29)22-15-17-28(18-16-22)26(30)14-11-21-9-12-23(31-3)13-10-21/h4-10,12-13,20,22,25,27H,11,14-19H2,1-3H3/t25-,27-/m0/s1. The van der Waals surface area contributed by atoms with Gasteiger partial charge in [0.25, 0.3) is 0 Å². The van der Waals surface area contributed by atoms with Crippen molar-refractivity contribution in [3.05, 3.63) is 60.2 Å². The summed E-state index contributed by atoms with van der Waals surface area (Å²) in [6.45, 7) is 7.23. The van der Waals surface area contributed by atoms with Crippen molar-refractivity contribution in [2.75, 3.05) is 26.7 Å². The minimum absolute atomic E-state index is 0.238. The van der Waals surface area contributed by atoms with Crippen LogP contribution in [-0.4, -0.2) is 60.6 Å². The number of para-hydroxylation sites is 1. The summed E-state index contributed by atoms with van der Waals surface area (Å²) in [5.41, 5.74) is 1.18. The highest BCUT2D eigenvalue weighted by atomic mass is 16.5. The predicted octanol–water partition coefficient (Wildman–Crippen LogP) is 4.41. The number of amides is 1. The second-order valence-corrected chi connectivity index (χ2v) is 9.32. The molecule has 2 aromatic carbocycles. The molecule has 0 spiro atoms. The van der Waals surface area contributed by atoms with Crippen LogP contribution in [-0.2, 0) is 11.2 Å². The Morgan fingerprint density at radius 3 is 2.31 bits per heavy atom. The number of hydrogen-bond donors (Lipinski definition) is 0. The minimum Gasteiger partial charge on any atom is -0.497 e.